The molecule has 0 unspecified atom stereocenters. The van der Waals surface area contributed by atoms with Crippen molar-refractivity contribution >= 4 is 26.0 Å². The maximum atomic E-state index is 12.6. The van der Waals surface area contributed by atoms with Crippen molar-refractivity contribution in [2.45, 2.75) is 16.4 Å². The van der Waals surface area contributed by atoms with E-state index in [9.17, 15) is 21.6 Å². The minimum absolute atomic E-state index is 0.0903. The number of hydrogen-bond acceptors (Lipinski definition) is 7. The van der Waals surface area contributed by atoms with Gasteiger partial charge in [-0.05, 0) is 42.0 Å². The van der Waals surface area contributed by atoms with Crippen LogP contribution in [0, 0.1) is 0 Å². The molecule has 0 N–H and O–H groups in total. The second kappa shape index (κ2) is 9.45. The molecule has 11 heteroatoms. The molecule has 2 aromatic rings. The Labute approximate surface area is 182 Å². The zero-order chi connectivity index (χ0) is 22.6. The maximum Gasteiger partial charge on any atom is 0.338 e. The third-order valence-electron chi connectivity index (χ3n) is 4.74. The van der Waals surface area contributed by atoms with Crippen molar-refractivity contribution < 1.29 is 31.1 Å². The highest BCUT2D eigenvalue weighted by molar-refractivity contribution is 7.89. The number of morpholine rings is 1. The highest BCUT2D eigenvalue weighted by atomic mass is 32.2. The van der Waals surface area contributed by atoms with Crippen molar-refractivity contribution in [2.75, 3.05) is 40.4 Å². The normalized spacial score (nSPS) is 15.7. The highest BCUT2D eigenvalue weighted by Crippen LogP contribution is 2.19. The van der Waals surface area contributed by atoms with Crippen LogP contribution >= 0.6 is 0 Å². The number of esters is 1. The molecule has 0 aromatic heterocycles. The molecule has 1 fully saturated rings. The van der Waals surface area contributed by atoms with Crippen LogP contribution in [0.4, 0.5) is 0 Å². The van der Waals surface area contributed by atoms with Crippen molar-refractivity contribution in [3.05, 3.63) is 59.7 Å². The average Bonchev–Trinajstić information content (AvgIpc) is 2.78. The Balaban J connectivity index is 1.67. The molecule has 31 heavy (non-hydrogen) atoms. The summed E-state index contributed by atoms with van der Waals surface area (Å²) in [6.45, 7) is 1.15. The van der Waals surface area contributed by atoms with Gasteiger partial charge in [0.05, 0.1) is 28.6 Å². The molecule has 1 aliphatic heterocycles. The van der Waals surface area contributed by atoms with Crippen molar-refractivity contribution in [1.29, 1.82) is 0 Å². The minimum Gasteiger partial charge on any atom is -0.457 e. The topological polar surface area (TPSA) is 110 Å². The number of carbonyl (C=O) groups is 1. The third-order valence-corrected chi connectivity index (χ3v) is 8.47. The molecule has 0 bridgehead atoms. The first kappa shape index (κ1) is 23.4. The second-order valence-corrected chi connectivity index (χ2v) is 11.1. The van der Waals surface area contributed by atoms with Gasteiger partial charge in [0, 0.05) is 27.2 Å². The van der Waals surface area contributed by atoms with Gasteiger partial charge in [-0.15, -0.1) is 0 Å². The van der Waals surface area contributed by atoms with Gasteiger partial charge in [0.2, 0.25) is 20.0 Å². The second-order valence-electron chi connectivity index (χ2n) is 7.05. The van der Waals surface area contributed by atoms with E-state index in [0.717, 1.165) is 4.31 Å². The van der Waals surface area contributed by atoms with Crippen LogP contribution in [0.2, 0.25) is 0 Å². The van der Waals surface area contributed by atoms with E-state index in [1.165, 1.54) is 54.8 Å². The molecule has 0 saturated carbocycles. The van der Waals surface area contributed by atoms with Gasteiger partial charge in [-0.25, -0.2) is 25.9 Å². The summed E-state index contributed by atoms with van der Waals surface area (Å²) in [5, 5.41) is 0. The standard InChI is InChI=1S/C20H24N2O7S2/c1-21(2)30(24,25)19-5-3-4-16(14-19)15-29-20(23)17-6-8-18(9-7-17)31(26,27)22-10-12-28-13-11-22/h3-9,14H,10-13,15H2,1-2H3. The predicted octanol–water partition coefficient (Wildman–Crippen LogP) is 1.31. The summed E-state index contributed by atoms with van der Waals surface area (Å²) in [4.78, 5) is 12.5. The van der Waals surface area contributed by atoms with Gasteiger partial charge < -0.3 is 9.47 Å². The molecule has 2 aromatic carbocycles. The van der Waals surface area contributed by atoms with E-state index in [1.54, 1.807) is 12.1 Å². The van der Waals surface area contributed by atoms with Gasteiger partial charge in [0.1, 0.15) is 6.61 Å². The number of hydrogen-bond donors (Lipinski definition) is 0. The summed E-state index contributed by atoms with van der Waals surface area (Å²) in [5.74, 6) is -0.642. The van der Waals surface area contributed by atoms with Gasteiger partial charge in [0.15, 0.2) is 0 Å². The smallest absolute Gasteiger partial charge is 0.338 e. The van der Waals surface area contributed by atoms with E-state index in [2.05, 4.69) is 0 Å². The Kier molecular flexibility index (Phi) is 7.12. The van der Waals surface area contributed by atoms with Crippen LogP contribution in [-0.4, -0.2) is 71.8 Å². The van der Waals surface area contributed by atoms with Crippen molar-refractivity contribution in [3.63, 3.8) is 0 Å². The number of ether oxygens (including phenoxy) is 2. The molecule has 0 atom stereocenters. The molecule has 0 amide bonds. The van der Waals surface area contributed by atoms with Crippen molar-refractivity contribution in [3.8, 4) is 0 Å². The lowest BCUT2D eigenvalue weighted by atomic mass is 10.2. The lowest BCUT2D eigenvalue weighted by Crippen LogP contribution is -2.40. The molecular formula is C20H24N2O7S2. The first-order valence-corrected chi connectivity index (χ1v) is 12.4. The van der Waals surface area contributed by atoms with Gasteiger partial charge in [-0.2, -0.15) is 4.31 Å². The summed E-state index contributed by atoms with van der Waals surface area (Å²) >= 11 is 0. The first-order chi connectivity index (χ1) is 14.6. The molecule has 9 nitrogen and oxygen atoms in total. The SMILES string of the molecule is CN(C)S(=O)(=O)c1cccc(COC(=O)c2ccc(S(=O)(=O)N3CCOCC3)cc2)c1. The third kappa shape index (κ3) is 5.31. The molecular weight excluding hydrogens is 444 g/mol. The number of rotatable bonds is 7. The van der Waals surface area contributed by atoms with E-state index in [1.807, 2.05) is 0 Å². The fourth-order valence-corrected chi connectivity index (χ4v) is 5.32. The van der Waals surface area contributed by atoms with Gasteiger partial charge in [0.25, 0.3) is 0 Å². The van der Waals surface area contributed by atoms with E-state index in [4.69, 9.17) is 9.47 Å². The monoisotopic (exact) mass is 468 g/mol. The average molecular weight is 469 g/mol. The van der Waals surface area contributed by atoms with Crippen molar-refractivity contribution in [1.82, 2.24) is 8.61 Å². The molecule has 168 valence electrons. The van der Waals surface area contributed by atoms with Gasteiger partial charge in [-0.3, -0.25) is 0 Å². The summed E-state index contributed by atoms with van der Waals surface area (Å²) in [6, 6.07) is 11.7. The quantitative estimate of drug-likeness (QED) is 0.564. The van der Waals surface area contributed by atoms with Crippen LogP contribution in [0.25, 0.3) is 0 Å². The Morgan fingerprint density at radius 1 is 1.00 bits per heavy atom. The van der Waals surface area contributed by atoms with Crippen molar-refractivity contribution in [2.24, 2.45) is 0 Å². The summed E-state index contributed by atoms with van der Waals surface area (Å²) in [5.41, 5.74) is 0.709. The lowest BCUT2D eigenvalue weighted by molar-refractivity contribution is 0.0472. The molecule has 1 heterocycles. The number of carbonyl (C=O) groups excluding carboxylic acids is 1. The lowest BCUT2D eigenvalue weighted by Gasteiger charge is -2.26. The zero-order valence-electron chi connectivity index (χ0n) is 17.2. The summed E-state index contributed by atoms with van der Waals surface area (Å²) in [7, 11) is -4.37. The Hall–Kier alpha value is -2.31. The van der Waals surface area contributed by atoms with Crippen LogP contribution in [0.15, 0.2) is 58.3 Å². The Bertz CT molecular complexity index is 1140. The van der Waals surface area contributed by atoms with Crippen LogP contribution < -0.4 is 0 Å². The van der Waals surface area contributed by atoms with Crippen LogP contribution in [0.1, 0.15) is 15.9 Å². The van der Waals surface area contributed by atoms with E-state index < -0.39 is 26.0 Å². The molecule has 1 aliphatic rings. The molecule has 0 aliphatic carbocycles. The fourth-order valence-electron chi connectivity index (χ4n) is 2.94. The molecule has 0 radical (unpaired) electrons. The Morgan fingerprint density at radius 3 is 2.26 bits per heavy atom. The fraction of sp³-hybridized carbons (Fsp3) is 0.350. The summed E-state index contributed by atoms with van der Waals surface area (Å²) < 4.78 is 62.6. The highest BCUT2D eigenvalue weighted by Gasteiger charge is 2.26. The van der Waals surface area contributed by atoms with E-state index in [0.29, 0.717) is 18.8 Å². The number of sulfonamides is 2. The molecule has 0 spiro atoms. The molecule has 3 rings (SSSR count). The van der Waals surface area contributed by atoms with Crippen LogP contribution in [-0.2, 0) is 36.1 Å². The van der Waals surface area contributed by atoms with E-state index >= 15 is 0 Å². The van der Waals surface area contributed by atoms with Gasteiger partial charge in [-0.1, -0.05) is 12.1 Å². The van der Waals surface area contributed by atoms with Crippen LogP contribution in [0.3, 0.4) is 0 Å². The number of benzene rings is 2. The largest absolute Gasteiger partial charge is 0.457 e. The Morgan fingerprint density at radius 2 is 1.65 bits per heavy atom. The predicted molar refractivity (Wildman–Crippen MR) is 112 cm³/mol. The van der Waals surface area contributed by atoms with Crippen LogP contribution in [0.5, 0.6) is 0 Å². The first-order valence-electron chi connectivity index (χ1n) is 9.49. The van der Waals surface area contributed by atoms with E-state index in [-0.39, 0.29) is 35.1 Å². The summed E-state index contributed by atoms with van der Waals surface area (Å²) in [6.07, 6.45) is 0. The zero-order valence-corrected chi connectivity index (χ0v) is 18.9. The maximum absolute atomic E-state index is 12.6. The molecule has 1 saturated heterocycles. The number of nitrogens with zero attached hydrogens (tertiary/aromatic N) is 2. The van der Waals surface area contributed by atoms with Gasteiger partial charge >= 0.3 is 5.97 Å². The minimum atomic E-state index is -3.65.